The molecule has 0 fully saturated rings. The van der Waals surface area contributed by atoms with E-state index in [1.807, 2.05) is 33.3 Å². The predicted octanol–water partition coefficient (Wildman–Crippen LogP) is 12.3. The van der Waals surface area contributed by atoms with Crippen molar-refractivity contribution in [3.63, 3.8) is 0 Å². The minimum Gasteiger partial charge on any atom is -0.466 e. The first-order valence-electron chi connectivity index (χ1n) is 24.2. The molecule has 0 saturated carbocycles. The zero-order valence-corrected chi connectivity index (χ0v) is 41.1. The Morgan fingerprint density at radius 3 is 1.82 bits per heavy atom. The Kier molecular flexibility index (Phi) is 33.2. The Balaban J connectivity index is 2.33. The Bertz CT molecular complexity index is 1450. The Morgan fingerprint density at radius 1 is 0.694 bits per heavy atom. The average molecular weight is 895 g/mol. The highest BCUT2D eigenvalue weighted by molar-refractivity contribution is 7.47. The van der Waals surface area contributed by atoms with Gasteiger partial charge in [-0.3, -0.25) is 18.6 Å². The number of quaternary nitrogens is 1. The molecule has 0 bridgehead atoms. The van der Waals surface area contributed by atoms with Gasteiger partial charge in [-0.05, 0) is 69.9 Å². The maximum Gasteiger partial charge on any atom is 0.472 e. The number of phosphoric acid groups is 1. The number of carbonyl (C=O) groups excluding carboxylic acids is 2. The molecular weight excluding hydrogens is 806 g/mol. The van der Waals surface area contributed by atoms with Gasteiger partial charge in [-0.25, -0.2) is 4.57 Å². The third kappa shape index (κ3) is 32.2. The molecule has 0 aromatic carbocycles. The molecule has 12 heteroatoms. The lowest BCUT2D eigenvalue weighted by molar-refractivity contribution is -0.870. The van der Waals surface area contributed by atoms with Crippen LogP contribution in [0.2, 0.25) is 0 Å². The highest BCUT2D eigenvalue weighted by atomic mass is 31.2. The van der Waals surface area contributed by atoms with Crippen LogP contribution < -0.4 is 0 Å². The Labute approximate surface area is 377 Å². The third-order valence-corrected chi connectivity index (χ3v) is 12.0. The van der Waals surface area contributed by atoms with Gasteiger partial charge in [0.05, 0.1) is 33.9 Å². The number of allylic oxidation sites excluding steroid dienone is 5. The lowest BCUT2D eigenvalue weighted by Crippen LogP contribution is -2.37. The summed E-state index contributed by atoms with van der Waals surface area (Å²) in [4.78, 5) is 35.6. The van der Waals surface area contributed by atoms with Gasteiger partial charge < -0.3 is 28.4 Å². The van der Waals surface area contributed by atoms with Gasteiger partial charge in [-0.2, -0.15) is 0 Å². The van der Waals surface area contributed by atoms with Gasteiger partial charge in [0.15, 0.2) is 6.10 Å². The number of hydrogen-bond donors (Lipinski definition) is 2. The molecule has 2 N–H and O–H groups in total. The maximum atomic E-state index is 12.7. The van der Waals surface area contributed by atoms with E-state index in [-0.39, 0.29) is 26.1 Å². The molecule has 1 rings (SSSR count). The molecule has 2 unspecified atom stereocenters. The number of aliphatic hydroxyl groups is 1. The lowest BCUT2D eigenvalue weighted by atomic mass is 10.0. The van der Waals surface area contributed by atoms with Crippen LogP contribution in [0.1, 0.15) is 184 Å². The van der Waals surface area contributed by atoms with Crippen LogP contribution >= 0.6 is 7.82 Å². The van der Waals surface area contributed by atoms with Gasteiger partial charge in [-0.1, -0.05) is 140 Å². The Hall–Kier alpha value is -2.53. The van der Waals surface area contributed by atoms with Crippen LogP contribution in [0.25, 0.3) is 0 Å². The smallest absolute Gasteiger partial charge is 0.466 e. The normalized spacial score (nSPS) is 14.3. The molecule has 0 amide bonds. The van der Waals surface area contributed by atoms with Crippen molar-refractivity contribution in [2.75, 3.05) is 47.5 Å². The summed E-state index contributed by atoms with van der Waals surface area (Å²) in [6, 6.07) is 0. The van der Waals surface area contributed by atoms with Crippen molar-refractivity contribution in [1.82, 2.24) is 0 Å². The molecule has 0 spiro atoms. The topological polar surface area (TPSA) is 142 Å². The number of ether oxygens (including phenoxy) is 2. The van der Waals surface area contributed by atoms with Crippen molar-refractivity contribution in [2.24, 2.45) is 0 Å². The van der Waals surface area contributed by atoms with Crippen molar-refractivity contribution in [1.29, 1.82) is 0 Å². The second-order valence-corrected chi connectivity index (χ2v) is 19.4. The van der Waals surface area contributed by atoms with E-state index in [0.717, 1.165) is 70.6 Å². The van der Waals surface area contributed by atoms with Crippen molar-refractivity contribution >= 4 is 19.8 Å². The van der Waals surface area contributed by atoms with Gasteiger partial charge >= 0.3 is 19.8 Å². The molecule has 1 aromatic rings. The van der Waals surface area contributed by atoms with Crippen molar-refractivity contribution in [3.8, 4) is 0 Å². The number of carbonyl (C=O) groups is 2. The van der Waals surface area contributed by atoms with E-state index in [9.17, 15) is 24.2 Å². The molecule has 0 radical (unpaired) electrons. The van der Waals surface area contributed by atoms with E-state index < -0.39 is 38.6 Å². The van der Waals surface area contributed by atoms with E-state index in [1.165, 1.54) is 80.4 Å². The zero-order valence-electron chi connectivity index (χ0n) is 40.2. The van der Waals surface area contributed by atoms with Crippen LogP contribution in [0.4, 0.5) is 0 Å². The van der Waals surface area contributed by atoms with Crippen LogP contribution in [0.5, 0.6) is 0 Å². The van der Waals surface area contributed by atoms with E-state index in [0.29, 0.717) is 30.3 Å². The number of rotatable bonds is 40. The van der Waals surface area contributed by atoms with E-state index in [4.69, 9.17) is 22.9 Å². The quantitative estimate of drug-likeness (QED) is 0.0163. The number of furan rings is 1. The second-order valence-electron chi connectivity index (χ2n) is 17.9. The summed E-state index contributed by atoms with van der Waals surface area (Å²) in [5.74, 6) is 1.48. The fourth-order valence-electron chi connectivity index (χ4n) is 6.91. The number of esters is 2. The minimum atomic E-state index is -4.41. The average Bonchev–Trinajstić information content (AvgIpc) is 3.48. The summed E-state index contributed by atoms with van der Waals surface area (Å²) in [6.45, 7) is 8.52. The summed E-state index contributed by atoms with van der Waals surface area (Å²) < 4.78 is 40.6. The van der Waals surface area contributed by atoms with Crippen LogP contribution in [-0.2, 0) is 45.5 Å². The summed E-state index contributed by atoms with van der Waals surface area (Å²) in [6.07, 6.45) is 34.6. The largest absolute Gasteiger partial charge is 0.472 e. The van der Waals surface area contributed by atoms with E-state index in [1.54, 1.807) is 6.08 Å². The fraction of sp³-hybridized carbons (Fsp3) is 0.760. The van der Waals surface area contributed by atoms with Gasteiger partial charge in [0.2, 0.25) is 0 Å². The molecule has 0 aliphatic carbocycles. The summed E-state index contributed by atoms with van der Waals surface area (Å²) in [7, 11) is 1.40. The molecule has 0 saturated heterocycles. The number of aliphatic hydroxyl groups excluding tert-OH is 1. The number of nitrogens with zero attached hydrogens (tertiary/aromatic N) is 1. The van der Waals surface area contributed by atoms with Crippen molar-refractivity contribution in [2.45, 2.75) is 200 Å². The monoisotopic (exact) mass is 895 g/mol. The van der Waals surface area contributed by atoms with Crippen molar-refractivity contribution < 1.29 is 51.6 Å². The standard InChI is InChI=1S/C50H88NO10P/c1-8-10-12-13-18-22-28-33-45(52)34-29-23-21-26-32-38-50(54)60-46(42-59-62(55,56)58-40-39-51(5,6)7)41-57-49(53)37-31-25-20-17-15-14-16-19-24-30-36-48-44(4)43(3)47(61-48)35-27-11-9-2/h10,12,18,22,28,33,45-46,52H,8-9,11,13-17,19-21,23-27,29-32,34-42H2,1-7H3/p+1/b12-10+,22-18+,33-28+/t45?,46-/m1/s1. The molecule has 358 valence electrons. The number of hydrogen-bond acceptors (Lipinski definition) is 9. The first kappa shape index (κ1) is 57.5. The molecule has 3 atom stereocenters. The molecule has 62 heavy (non-hydrogen) atoms. The molecular formula is C50H89NO10P+. The highest BCUT2D eigenvalue weighted by Gasteiger charge is 2.27. The van der Waals surface area contributed by atoms with Crippen LogP contribution in [-0.4, -0.2) is 86.1 Å². The first-order chi connectivity index (χ1) is 29.7. The Morgan fingerprint density at radius 2 is 1.24 bits per heavy atom. The van der Waals surface area contributed by atoms with Gasteiger partial charge in [0, 0.05) is 25.7 Å². The number of likely N-dealkylation sites (N-methyl/N-ethyl adjacent to an activating group) is 1. The number of unbranched alkanes of at least 4 members (excludes halogenated alkanes) is 15. The first-order valence-corrected chi connectivity index (χ1v) is 25.7. The minimum absolute atomic E-state index is 0.00752. The molecule has 1 aromatic heterocycles. The van der Waals surface area contributed by atoms with E-state index >= 15 is 0 Å². The molecule has 0 aliphatic heterocycles. The van der Waals surface area contributed by atoms with Crippen LogP contribution in [0, 0.1) is 13.8 Å². The highest BCUT2D eigenvalue weighted by Crippen LogP contribution is 2.43. The SMILES string of the molecule is CC/C=C/C/C=C/C=C/C(O)CCCCCCCC(=O)O[C@H](COC(=O)CCCCCCCCCCCCc1oc(CCCCC)c(C)c1C)COP(=O)(O)OCC[N+](C)(C)C. The van der Waals surface area contributed by atoms with Gasteiger partial charge in [0.1, 0.15) is 31.3 Å². The maximum absolute atomic E-state index is 12.7. The second kappa shape index (κ2) is 35.8. The predicted molar refractivity (Wildman–Crippen MR) is 252 cm³/mol. The lowest BCUT2D eigenvalue weighted by Gasteiger charge is -2.24. The molecule has 0 aliphatic rings. The van der Waals surface area contributed by atoms with Gasteiger partial charge in [0.25, 0.3) is 0 Å². The van der Waals surface area contributed by atoms with Crippen LogP contribution in [0.15, 0.2) is 40.9 Å². The molecule has 1 heterocycles. The summed E-state index contributed by atoms with van der Waals surface area (Å²) in [5, 5.41) is 10.2. The fourth-order valence-corrected chi connectivity index (χ4v) is 7.65. The van der Waals surface area contributed by atoms with Gasteiger partial charge in [-0.15, -0.1) is 0 Å². The molecule has 11 nitrogen and oxygen atoms in total. The summed E-state index contributed by atoms with van der Waals surface area (Å²) in [5.41, 5.74) is 2.69. The van der Waals surface area contributed by atoms with Crippen molar-refractivity contribution in [3.05, 3.63) is 59.1 Å². The zero-order chi connectivity index (χ0) is 45.9. The van der Waals surface area contributed by atoms with Crippen LogP contribution in [0.3, 0.4) is 0 Å². The number of phosphoric ester groups is 1. The number of aryl methyl sites for hydroxylation is 2. The third-order valence-electron chi connectivity index (χ3n) is 11.0. The van der Waals surface area contributed by atoms with E-state index in [2.05, 4.69) is 45.9 Å². The summed E-state index contributed by atoms with van der Waals surface area (Å²) >= 11 is 0.